The molecule has 9 nitrogen and oxygen atoms in total. The first-order valence-electron chi connectivity index (χ1n) is 12.9. The van der Waals surface area contributed by atoms with E-state index in [0.717, 1.165) is 76.0 Å². The van der Waals surface area contributed by atoms with Gasteiger partial charge in [0.15, 0.2) is 0 Å². The molecule has 0 radical (unpaired) electrons. The molecule has 1 N–H and O–H groups in total. The van der Waals surface area contributed by atoms with Gasteiger partial charge in [-0.15, -0.1) is 0 Å². The molecular weight excluding hydrogens is 466 g/mol. The zero-order valence-electron chi connectivity index (χ0n) is 21.4. The Hall–Kier alpha value is -3.24. The van der Waals surface area contributed by atoms with Crippen molar-refractivity contribution in [2.75, 3.05) is 58.9 Å². The number of aromatic nitrogens is 3. The van der Waals surface area contributed by atoms with Gasteiger partial charge >= 0.3 is 5.97 Å². The number of pyridine rings is 3. The summed E-state index contributed by atoms with van der Waals surface area (Å²) in [6, 6.07) is 18.1. The van der Waals surface area contributed by atoms with Crippen LogP contribution >= 0.6 is 0 Å². The second-order valence-corrected chi connectivity index (χ2v) is 9.46. The minimum atomic E-state index is -0.791. The van der Waals surface area contributed by atoms with E-state index in [-0.39, 0.29) is 6.54 Å². The van der Waals surface area contributed by atoms with Crippen LogP contribution in [-0.4, -0.2) is 105 Å². The number of carboxylic acid groups (broad SMARTS) is 1. The van der Waals surface area contributed by atoms with Crippen molar-refractivity contribution in [2.24, 2.45) is 0 Å². The van der Waals surface area contributed by atoms with Crippen LogP contribution < -0.4 is 0 Å². The van der Waals surface area contributed by atoms with Gasteiger partial charge in [0.1, 0.15) is 0 Å². The van der Waals surface area contributed by atoms with E-state index in [9.17, 15) is 9.90 Å². The summed E-state index contributed by atoms with van der Waals surface area (Å²) in [5, 5.41) is 9.53. The predicted octanol–water partition coefficient (Wildman–Crippen LogP) is 2.08. The minimum Gasteiger partial charge on any atom is -0.480 e. The molecule has 0 aromatic carbocycles. The van der Waals surface area contributed by atoms with Gasteiger partial charge < -0.3 is 5.11 Å². The van der Waals surface area contributed by atoms with Crippen molar-refractivity contribution >= 4 is 5.97 Å². The van der Waals surface area contributed by atoms with Crippen molar-refractivity contribution < 1.29 is 9.90 Å². The highest BCUT2D eigenvalue weighted by Gasteiger charge is 2.19. The molecule has 0 bridgehead atoms. The first-order chi connectivity index (χ1) is 18.1. The molecule has 37 heavy (non-hydrogen) atoms. The van der Waals surface area contributed by atoms with Gasteiger partial charge in [-0.05, 0) is 36.4 Å². The maximum Gasteiger partial charge on any atom is 0.317 e. The van der Waals surface area contributed by atoms with Crippen LogP contribution in [0.5, 0.6) is 0 Å². The van der Waals surface area contributed by atoms with Gasteiger partial charge in [-0.2, -0.15) is 0 Å². The van der Waals surface area contributed by atoms with Crippen molar-refractivity contribution in [1.29, 1.82) is 0 Å². The summed E-state index contributed by atoms with van der Waals surface area (Å²) in [7, 11) is 0. The van der Waals surface area contributed by atoms with Crippen LogP contribution in [0.1, 0.15) is 17.1 Å². The van der Waals surface area contributed by atoms with Crippen molar-refractivity contribution in [3.8, 4) is 0 Å². The average molecular weight is 504 g/mol. The average Bonchev–Trinajstić information content (AvgIpc) is 2.91. The van der Waals surface area contributed by atoms with E-state index in [1.807, 2.05) is 72.0 Å². The molecule has 0 unspecified atom stereocenters. The summed E-state index contributed by atoms with van der Waals surface area (Å²) in [5.74, 6) is -0.791. The smallest absolute Gasteiger partial charge is 0.317 e. The largest absolute Gasteiger partial charge is 0.480 e. The summed E-state index contributed by atoms with van der Waals surface area (Å²) < 4.78 is 0. The maximum absolute atomic E-state index is 11.6. The van der Waals surface area contributed by atoms with Crippen LogP contribution in [0.2, 0.25) is 0 Å². The minimum absolute atomic E-state index is 0.0423. The zero-order chi connectivity index (χ0) is 25.7. The highest BCUT2D eigenvalue weighted by molar-refractivity contribution is 5.69. The Labute approximate surface area is 219 Å². The molecule has 0 amide bonds. The number of carboxylic acids is 1. The van der Waals surface area contributed by atoms with Gasteiger partial charge in [0.2, 0.25) is 0 Å². The first-order valence-corrected chi connectivity index (χ1v) is 12.9. The molecule has 0 spiro atoms. The number of carbonyl (C=O) groups is 1. The molecule has 1 aliphatic heterocycles. The maximum atomic E-state index is 11.6. The Bertz CT molecular complexity index is 998. The van der Waals surface area contributed by atoms with Crippen molar-refractivity contribution in [3.05, 3.63) is 90.3 Å². The van der Waals surface area contributed by atoms with E-state index in [1.165, 1.54) is 0 Å². The number of nitrogens with zero attached hydrogens (tertiary/aromatic N) is 7. The molecule has 1 saturated heterocycles. The Morgan fingerprint density at radius 2 is 0.892 bits per heavy atom. The monoisotopic (exact) mass is 503 g/mol. The lowest BCUT2D eigenvalue weighted by atomic mass is 10.2. The van der Waals surface area contributed by atoms with Gasteiger partial charge in [0.05, 0.1) is 23.6 Å². The van der Waals surface area contributed by atoms with Gasteiger partial charge in [-0.3, -0.25) is 39.3 Å². The third-order valence-electron chi connectivity index (χ3n) is 6.62. The van der Waals surface area contributed by atoms with Crippen LogP contribution in [0.3, 0.4) is 0 Å². The van der Waals surface area contributed by atoms with Gasteiger partial charge in [0.25, 0.3) is 0 Å². The summed E-state index contributed by atoms with van der Waals surface area (Å²) in [6.07, 6.45) is 5.50. The number of aliphatic carboxylic acids is 1. The van der Waals surface area contributed by atoms with Crippen LogP contribution in [0, 0.1) is 0 Å². The fourth-order valence-electron chi connectivity index (χ4n) is 4.56. The third-order valence-corrected chi connectivity index (χ3v) is 6.62. The lowest BCUT2D eigenvalue weighted by Crippen LogP contribution is -2.46. The van der Waals surface area contributed by atoms with Crippen LogP contribution in [-0.2, 0) is 24.4 Å². The molecule has 0 atom stereocenters. The van der Waals surface area contributed by atoms with Crippen LogP contribution in [0.15, 0.2) is 73.2 Å². The Kier molecular flexibility index (Phi) is 10.5. The van der Waals surface area contributed by atoms with E-state index in [1.54, 1.807) is 0 Å². The molecule has 0 saturated carbocycles. The predicted molar refractivity (Wildman–Crippen MR) is 143 cm³/mol. The molecule has 0 aliphatic carbocycles. The van der Waals surface area contributed by atoms with Crippen molar-refractivity contribution in [3.63, 3.8) is 0 Å². The summed E-state index contributed by atoms with van der Waals surface area (Å²) >= 11 is 0. The molecule has 4 rings (SSSR count). The Balaban J connectivity index is 1.50. The highest BCUT2D eigenvalue weighted by Crippen LogP contribution is 2.09. The molecule has 3 aromatic rings. The number of rotatable bonds is 8. The summed E-state index contributed by atoms with van der Waals surface area (Å²) in [5.41, 5.74) is 3.11. The Morgan fingerprint density at radius 3 is 1.16 bits per heavy atom. The van der Waals surface area contributed by atoms with E-state index in [0.29, 0.717) is 13.1 Å². The molecule has 1 fully saturated rings. The molecule has 4 heterocycles. The van der Waals surface area contributed by atoms with E-state index in [2.05, 4.69) is 35.7 Å². The standard InChI is InChI=1S/C28H37N7O2/c36-28(37)24-35-19-17-33(22-26-8-2-5-11-30-26)15-13-32(21-25-7-1-4-10-29-25)14-16-34(18-20-35)23-27-9-3-6-12-31-27/h1-12H,13-24H2,(H,36,37). The summed E-state index contributed by atoms with van der Waals surface area (Å²) in [4.78, 5) is 34.5. The number of hydrogen-bond acceptors (Lipinski definition) is 8. The van der Waals surface area contributed by atoms with E-state index in [4.69, 9.17) is 0 Å². The summed E-state index contributed by atoms with van der Waals surface area (Å²) in [6.45, 7) is 8.77. The lowest BCUT2D eigenvalue weighted by Gasteiger charge is -2.33. The first kappa shape index (κ1) is 26.8. The van der Waals surface area contributed by atoms with Gasteiger partial charge in [-0.1, -0.05) is 18.2 Å². The van der Waals surface area contributed by atoms with Crippen molar-refractivity contribution in [1.82, 2.24) is 34.6 Å². The fraction of sp³-hybridized carbons (Fsp3) is 0.429. The fourth-order valence-corrected chi connectivity index (χ4v) is 4.56. The molecule has 3 aromatic heterocycles. The van der Waals surface area contributed by atoms with Crippen molar-refractivity contribution in [2.45, 2.75) is 19.6 Å². The van der Waals surface area contributed by atoms with Crippen LogP contribution in [0.4, 0.5) is 0 Å². The van der Waals surface area contributed by atoms with Gasteiger partial charge in [0, 0.05) is 90.6 Å². The molecule has 196 valence electrons. The number of hydrogen-bond donors (Lipinski definition) is 1. The van der Waals surface area contributed by atoms with Crippen LogP contribution in [0.25, 0.3) is 0 Å². The lowest BCUT2D eigenvalue weighted by molar-refractivity contribution is -0.138. The Morgan fingerprint density at radius 1 is 0.568 bits per heavy atom. The second-order valence-electron chi connectivity index (χ2n) is 9.46. The van der Waals surface area contributed by atoms with E-state index >= 15 is 0 Å². The molecule has 9 heteroatoms. The normalized spacial score (nSPS) is 17.6. The van der Waals surface area contributed by atoms with E-state index < -0.39 is 5.97 Å². The zero-order valence-corrected chi connectivity index (χ0v) is 21.4. The molecule has 1 aliphatic rings. The quantitative estimate of drug-likeness (QED) is 0.496. The second kappa shape index (κ2) is 14.5. The topological polar surface area (TPSA) is 88.9 Å². The van der Waals surface area contributed by atoms with Gasteiger partial charge in [-0.25, -0.2) is 0 Å². The third kappa shape index (κ3) is 9.62. The SMILES string of the molecule is O=C(O)CN1CCN(Cc2ccccn2)CCN(Cc2ccccn2)CCN(Cc2ccccn2)CC1. The highest BCUT2D eigenvalue weighted by atomic mass is 16.4. The molecular formula is C28H37N7O2.